The minimum atomic E-state index is -3.50. The largest absolute Gasteiger partial charge is 0.344 e. The summed E-state index contributed by atoms with van der Waals surface area (Å²) in [7, 11) is -1.54. The van der Waals surface area contributed by atoms with Crippen molar-refractivity contribution in [1.29, 1.82) is 0 Å². The number of aromatic nitrogens is 3. The molecule has 0 amide bonds. The van der Waals surface area contributed by atoms with Crippen molar-refractivity contribution in [2.45, 2.75) is 57.4 Å². The van der Waals surface area contributed by atoms with Crippen LogP contribution in [0.5, 0.6) is 0 Å². The second-order valence-corrected chi connectivity index (χ2v) is 11.8. The van der Waals surface area contributed by atoms with Crippen molar-refractivity contribution >= 4 is 21.0 Å². The van der Waals surface area contributed by atoms with E-state index in [4.69, 9.17) is 4.18 Å². The normalized spacial score (nSPS) is 16.0. The second-order valence-electron chi connectivity index (χ2n) is 10.1. The van der Waals surface area contributed by atoms with Crippen molar-refractivity contribution in [3.8, 4) is 11.3 Å². The number of hydrogen-bond acceptors (Lipinski definition) is 4. The van der Waals surface area contributed by atoms with Gasteiger partial charge in [0.2, 0.25) is 0 Å². The Kier molecular flexibility index (Phi) is 7.04. The van der Waals surface area contributed by atoms with Gasteiger partial charge >= 0.3 is 0 Å². The van der Waals surface area contributed by atoms with E-state index in [0.717, 1.165) is 17.5 Å². The molecule has 5 rings (SSSR count). The summed E-state index contributed by atoms with van der Waals surface area (Å²) in [6.45, 7) is 2.24. The monoisotopic (exact) mass is 505 g/mol. The molecule has 1 atom stereocenters. The topological polar surface area (TPSA) is 66.1 Å². The third-order valence-electron chi connectivity index (χ3n) is 7.47. The molecule has 1 fully saturated rings. The lowest BCUT2D eigenvalue weighted by Crippen LogP contribution is -2.12. The van der Waals surface area contributed by atoms with Crippen LogP contribution in [0.25, 0.3) is 22.2 Å². The van der Waals surface area contributed by atoms with Gasteiger partial charge in [-0.2, -0.15) is 13.5 Å². The van der Waals surface area contributed by atoms with Crippen LogP contribution in [-0.2, 0) is 21.3 Å². The van der Waals surface area contributed by atoms with E-state index in [1.54, 1.807) is 0 Å². The van der Waals surface area contributed by atoms with E-state index in [0.29, 0.717) is 12.5 Å². The Hall–Kier alpha value is -2.90. The molecule has 6 nitrogen and oxygen atoms in total. The van der Waals surface area contributed by atoms with Crippen molar-refractivity contribution < 1.29 is 12.6 Å². The van der Waals surface area contributed by atoms with Gasteiger partial charge in [0.25, 0.3) is 10.1 Å². The Morgan fingerprint density at radius 2 is 1.89 bits per heavy atom. The number of rotatable bonds is 8. The molecule has 1 saturated carbocycles. The quantitative estimate of drug-likeness (QED) is 0.262. The highest BCUT2D eigenvalue weighted by molar-refractivity contribution is 7.85. The Morgan fingerprint density at radius 1 is 1.08 bits per heavy atom. The zero-order chi connectivity index (χ0) is 25.3. The van der Waals surface area contributed by atoms with Gasteiger partial charge < -0.3 is 4.57 Å². The maximum atomic E-state index is 11.7. The zero-order valence-corrected chi connectivity index (χ0v) is 22.2. The first-order valence-electron chi connectivity index (χ1n) is 12.8. The Morgan fingerprint density at radius 3 is 2.58 bits per heavy atom. The van der Waals surface area contributed by atoms with Gasteiger partial charge in [0, 0.05) is 47.9 Å². The van der Waals surface area contributed by atoms with Crippen LogP contribution in [0.4, 0.5) is 0 Å². The highest BCUT2D eigenvalue weighted by Gasteiger charge is 2.25. The van der Waals surface area contributed by atoms with Crippen molar-refractivity contribution in [1.82, 2.24) is 14.3 Å². The molecule has 2 heterocycles. The van der Waals surface area contributed by atoms with Gasteiger partial charge in [-0.1, -0.05) is 55.2 Å². The van der Waals surface area contributed by atoms with Crippen molar-refractivity contribution in [3.05, 3.63) is 77.6 Å². The first-order chi connectivity index (χ1) is 17.3. The number of hydrogen-bond donors (Lipinski definition) is 0. The van der Waals surface area contributed by atoms with Crippen LogP contribution in [0.15, 0.2) is 60.9 Å². The van der Waals surface area contributed by atoms with Crippen molar-refractivity contribution in [3.63, 3.8) is 0 Å². The molecule has 36 heavy (non-hydrogen) atoms. The Bertz CT molecular complexity index is 1460. The zero-order valence-electron chi connectivity index (χ0n) is 21.4. The Balaban J connectivity index is 1.66. The minimum Gasteiger partial charge on any atom is -0.344 e. The van der Waals surface area contributed by atoms with E-state index in [1.165, 1.54) is 59.7 Å². The summed E-state index contributed by atoms with van der Waals surface area (Å²) >= 11 is 0. The summed E-state index contributed by atoms with van der Waals surface area (Å²) in [6, 6.07) is 17.8. The van der Waals surface area contributed by atoms with E-state index in [2.05, 4.69) is 65.3 Å². The van der Waals surface area contributed by atoms with Crippen LogP contribution in [0.3, 0.4) is 0 Å². The van der Waals surface area contributed by atoms with Crippen LogP contribution in [0.2, 0.25) is 0 Å². The summed E-state index contributed by atoms with van der Waals surface area (Å²) < 4.78 is 33.1. The molecule has 1 unspecified atom stereocenters. The molecule has 2 aromatic heterocycles. The van der Waals surface area contributed by atoms with Gasteiger partial charge in [0.05, 0.1) is 18.6 Å². The fraction of sp³-hybridized carbons (Fsp3) is 0.414. The molecule has 0 aliphatic heterocycles. The molecule has 0 bridgehead atoms. The number of benzene rings is 2. The third kappa shape index (κ3) is 5.27. The molecule has 0 saturated heterocycles. The lowest BCUT2D eigenvalue weighted by atomic mass is 9.87. The molecule has 0 N–H and O–H groups in total. The highest BCUT2D eigenvalue weighted by atomic mass is 32.2. The van der Waals surface area contributed by atoms with Gasteiger partial charge in [-0.15, -0.1) is 0 Å². The molecule has 7 heteroatoms. The minimum absolute atomic E-state index is 0.0146. The van der Waals surface area contributed by atoms with E-state index < -0.39 is 10.1 Å². The predicted octanol–water partition coefficient (Wildman–Crippen LogP) is 6.35. The molecule has 1 aliphatic rings. The molecule has 190 valence electrons. The van der Waals surface area contributed by atoms with Crippen molar-refractivity contribution in [2.24, 2.45) is 7.05 Å². The van der Waals surface area contributed by atoms with Crippen LogP contribution in [-0.4, -0.2) is 35.6 Å². The smallest absolute Gasteiger partial charge is 0.264 e. The molecule has 1 aliphatic carbocycles. The number of aryl methyl sites for hydroxylation is 2. The fourth-order valence-electron chi connectivity index (χ4n) is 5.74. The molecular weight excluding hydrogens is 470 g/mol. The van der Waals surface area contributed by atoms with Crippen molar-refractivity contribution in [2.75, 3.05) is 12.9 Å². The summed E-state index contributed by atoms with van der Waals surface area (Å²) in [6.07, 6.45) is 12.1. The third-order valence-corrected chi connectivity index (χ3v) is 8.07. The van der Waals surface area contributed by atoms with Gasteiger partial charge in [-0.3, -0.25) is 8.86 Å². The predicted molar refractivity (Wildman–Crippen MR) is 145 cm³/mol. The summed E-state index contributed by atoms with van der Waals surface area (Å²) in [5, 5.41) is 5.58. The lowest BCUT2D eigenvalue weighted by molar-refractivity contribution is 0.309. The molecule has 0 radical (unpaired) electrons. The van der Waals surface area contributed by atoms with Gasteiger partial charge in [-0.25, -0.2) is 0 Å². The number of nitrogens with zero attached hydrogens (tertiary/aromatic N) is 3. The Labute approximate surface area is 214 Å². The fourth-order valence-corrected chi connectivity index (χ4v) is 6.14. The van der Waals surface area contributed by atoms with E-state index in [1.807, 2.05) is 24.0 Å². The van der Waals surface area contributed by atoms with Gasteiger partial charge in [0.1, 0.15) is 0 Å². The van der Waals surface area contributed by atoms with Crippen LogP contribution >= 0.6 is 0 Å². The first kappa shape index (κ1) is 24.8. The standard InChI is InChI=1S/C29H35N3O3S/c1-21-8-7-9-22(18-21)25(15-17-35-36(3,33)34)27-20-32(24-10-5-4-6-11-24)29-13-12-23(19-26(27)29)28-14-16-30-31(28)2/h7-9,12-14,16,18-20,24-25H,4-6,10-11,15,17H2,1-3H3. The first-order valence-corrected chi connectivity index (χ1v) is 14.7. The molecule has 4 aromatic rings. The van der Waals surface area contributed by atoms with Crippen LogP contribution < -0.4 is 0 Å². The maximum Gasteiger partial charge on any atom is 0.264 e. The van der Waals surface area contributed by atoms with E-state index in [9.17, 15) is 8.42 Å². The average Bonchev–Trinajstić information content (AvgIpc) is 3.45. The van der Waals surface area contributed by atoms with E-state index >= 15 is 0 Å². The summed E-state index contributed by atoms with van der Waals surface area (Å²) in [4.78, 5) is 0. The maximum absolute atomic E-state index is 11.7. The summed E-state index contributed by atoms with van der Waals surface area (Å²) in [5.74, 6) is 0.0146. The molecule has 0 spiro atoms. The highest BCUT2D eigenvalue weighted by Crippen LogP contribution is 2.40. The van der Waals surface area contributed by atoms with Gasteiger partial charge in [-0.05, 0) is 55.5 Å². The second kappa shape index (κ2) is 10.2. The van der Waals surface area contributed by atoms with Gasteiger partial charge in [0.15, 0.2) is 0 Å². The number of fused-ring (bicyclic) bond motifs is 1. The summed E-state index contributed by atoms with van der Waals surface area (Å²) in [5.41, 5.74) is 7.03. The van der Waals surface area contributed by atoms with Crippen LogP contribution in [0, 0.1) is 6.92 Å². The SMILES string of the molecule is Cc1cccc(C(CCOS(C)(=O)=O)c2cn(C3CCCCC3)c3ccc(-c4ccnn4C)cc23)c1. The van der Waals surface area contributed by atoms with E-state index in [-0.39, 0.29) is 12.5 Å². The lowest BCUT2D eigenvalue weighted by Gasteiger charge is -2.24. The average molecular weight is 506 g/mol. The molecule has 2 aromatic carbocycles. The van der Waals surface area contributed by atoms with Crippen LogP contribution in [0.1, 0.15) is 67.2 Å². The molecular formula is C29H35N3O3S.